The quantitative estimate of drug-likeness (QED) is 0.607. The van der Waals surface area contributed by atoms with Crippen LogP contribution in [0.25, 0.3) is 16.6 Å². The molecule has 0 saturated carbocycles. The number of imidazole rings is 1. The summed E-state index contributed by atoms with van der Waals surface area (Å²) in [6.07, 6.45) is -0.794. The number of hydrogen-bond donors (Lipinski definition) is 1. The number of aryl methyl sites for hydroxylation is 1. The molecule has 0 aliphatic carbocycles. The molecule has 3 heterocycles. The zero-order valence-corrected chi connectivity index (χ0v) is 13.4. The molecule has 126 valence electrons. The van der Waals surface area contributed by atoms with Crippen molar-refractivity contribution in [2.45, 2.75) is 19.9 Å². The molecule has 5 nitrogen and oxygen atoms in total. The fraction of sp³-hybridized carbons (Fsp3) is 0.167. The van der Waals surface area contributed by atoms with E-state index < -0.39 is 12.2 Å². The van der Waals surface area contributed by atoms with Crippen LogP contribution in [0.1, 0.15) is 23.6 Å². The lowest BCUT2D eigenvalue weighted by Gasteiger charge is -2.09. The molecule has 0 atom stereocenters. The SMILES string of the molecule is Cc1cccc2nc(CNc3nc(C(F)F)nc4ccccc34)cn12. The normalized spacial score (nSPS) is 11.5. The highest BCUT2D eigenvalue weighted by molar-refractivity contribution is 5.88. The van der Waals surface area contributed by atoms with Crippen LogP contribution in [0.15, 0.2) is 48.7 Å². The predicted molar refractivity (Wildman–Crippen MR) is 91.8 cm³/mol. The Morgan fingerprint density at radius 3 is 2.68 bits per heavy atom. The van der Waals surface area contributed by atoms with Crippen molar-refractivity contribution in [1.29, 1.82) is 0 Å². The average molecular weight is 339 g/mol. The van der Waals surface area contributed by atoms with Crippen molar-refractivity contribution in [3.05, 3.63) is 65.9 Å². The summed E-state index contributed by atoms with van der Waals surface area (Å²) in [6.45, 7) is 2.38. The van der Waals surface area contributed by atoms with E-state index in [4.69, 9.17) is 0 Å². The van der Waals surface area contributed by atoms with Crippen molar-refractivity contribution in [2.75, 3.05) is 5.32 Å². The Hall–Kier alpha value is -3.09. The molecule has 0 unspecified atom stereocenters. The zero-order valence-electron chi connectivity index (χ0n) is 13.4. The Kier molecular flexibility index (Phi) is 3.76. The molecule has 0 aliphatic heterocycles. The average Bonchev–Trinajstić information content (AvgIpc) is 3.04. The summed E-state index contributed by atoms with van der Waals surface area (Å²) in [7, 11) is 0. The van der Waals surface area contributed by atoms with Gasteiger partial charge in [-0.05, 0) is 31.2 Å². The van der Waals surface area contributed by atoms with E-state index in [2.05, 4.69) is 20.3 Å². The number of benzene rings is 1. The molecular weight excluding hydrogens is 324 g/mol. The second kappa shape index (κ2) is 6.08. The standard InChI is InChI=1S/C18H15F2N5/c1-11-5-4-8-15-22-12(10-25(11)15)9-21-17-13-6-2-3-7-14(13)23-18(24-17)16(19)20/h2-8,10,16H,9H2,1H3,(H,21,23,24). The Labute approximate surface area is 142 Å². The molecule has 0 radical (unpaired) electrons. The maximum absolute atomic E-state index is 13.1. The smallest absolute Gasteiger partial charge is 0.297 e. The molecule has 7 heteroatoms. The number of nitrogens with one attached hydrogen (secondary N) is 1. The summed E-state index contributed by atoms with van der Waals surface area (Å²) < 4.78 is 28.1. The van der Waals surface area contributed by atoms with Crippen LogP contribution in [0.2, 0.25) is 0 Å². The lowest BCUT2D eigenvalue weighted by molar-refractivity contribution is 0.141. The van der Waals surface area contributed by atoms with Crippen LogP contribution in [-0.2, 0) is 6.54 Å². The Morgan fingerprint density at radius 2 is 1.88 bits per heavy atom. The van der Waals surface area contributed by atoms with Crippen LogP contribution in [0.3, 0.4) is 0 Å². The van der Waals surface area contributed by atoms with Crippen molar-refractivity contribution >= 4 is 22.4 Å². The molecule has 1 aromatic carbocycles. The minimum atomic E-state index is -2.72. The van der Waals surface area contributed by atoms with Crippen molar-refractivity contribution < 1.29 is 8.78 Å². The van der Waals surface area contributed by atoms with Gasteiger partial charge in [0.2, 0.25) is 0 Å². The first-order valence-corrected chi connectivity index (χ1v) is 7.84. The van der Waals surface area contributed by atoms with Crippen molar-refractivity contribution in [1.82, 2.24) is 19.4 Å². The predicted octanol–water partition coefficient (Wildman–Crippen LogP) is 4.14. The van der Waals surface area contributed by atoms with Gasteiger partial charge in [-0.25, -0.2) is 23.7 Å². The van der Waals surface area contributed by atoms with Crippen LogP contribution < -0.4 is 5.32 Å². The minimum absolute atomic E-state index is 0.380. The van der Waals surface area contributed by atoms with E-state index in [-0.39, 0.29) is 0 Å². The summed E-state index contributed by atoms with van der Waals surface area (Å²) in [4.78, 5) is 12.4. The number of para-hydroxylation sites is 1. The van der Waals surface area contributed by atoms with Gasteiger partial charge in [-0.1, -0.05) is 18.2 Å². The van der Waals surface area contributed by atoms with Gasteiger partial charge in [0.15, 0.2) is 5.82 Å². The molecule has 1 N–H and O–H groups in total. The van der Waals surface area contributed by atoms with Gasteiger partial charge in [0.1, 0.15) is 11.5 Å². The second-order valence-electron chi connectivity index (χ2n) is 5.73. The molecule has 4 rings (SSSR count). The van der Waals surface area contributed by atoms with Gasteiger partial charge in [0.25, 0.3) is 6.43 Å². The number of pyridine rings is 1. The summed E-state index contributed by atoms with van der Waals surface area (Å²) in [6, 6.07) is 13.0. The largest absolute Gasteiger partial charge is 0.364 e. The first-order chi connectivity index (χ1) is 12.1. The molecular formula is C18H15F2N5. The number of rotatable bonds is 4. The fourth-order valence-corrected chi connectivity index (χ4v) is 2.79. The molecule has 3 aromatic heterocycles. The highest BCUT2D eigenvalue weighted by Gasteiger charge is 2.15. The van der Waals surface area contributed by atoms with E-state index >= 15 is 0 Å². The summed E-state index contributed by atoms with van der Waals surface area (Å²) >= 11 is 0. The number of nitrogens with zero attached hydrogens (tertiary/aromatic N) is 4. The van der Waals surface area contributed by atoms with E-state index in [0.29, 0.717) is 23.3 Å². The van der Waals surface area contributed by atoms with Crippen LogP contribution in [0, 0.1) is 6.92 Å². The Morgan fingerprint density at radius 1 is 1.04 bits per heavy atom. The first-order valence-electron chi connectivity index (χ1n) is 7.84. The number of hydrogen-bond acceptors (Lipinski definition) is 4. The summed E-state index contributed by atoms with van der Waals surface area (Å²) in [5.74, 6) is -0.0956. The Bertz CT molecular complexity index is 1060. The maximum atomic E-state index is 13.1. The minimum Gasteiger partial charge on any atom is -0.364 e. The third kappa shape index (κ3) is 2.88. The molecule has 0 amide bonds. The fourth-order valence-electron chi connectivity index (χ4n) is 2.79. The van der Waals surface area contributed by atoms with Crippen LogP contribution in [-0.4, -0.2) is 19.4 Å². The van der Waals surface area contributed by atoms with Crippen LogP contribution in [0.4, 0.5) is 14.6 Å². The number of alkyl halides is 2. The zero-order chi connectivity index (χ0) is 17.4. The number of aromatic nitrogens is 4. The van der Waals surface area contributed by atoms with E-state index in [1.54, 1.807) is 18.2 Å². The molecule has 0 saturated heterocycles. The molecule has 0 spiro atoms. The summed E-state index contributed by atoms with van der Waals surface area (Å²) in [5, 5.41) is 3.82. The van der Waals surface area contributed by atoms with Crippen molar-refractivity contribution in [2.24, 2.45) is 0 Å². The van der Waals surface area contributed by atoms with Gasteiger partial charge in [-0.2, -0.15) is 0 Å². The second-order valence-corrected chi connectivity index (χ2v) is 5.73. The van der Waals surface area contributed by atoms with E-state index in [9.17, 15) is 8.78 Å². The molecule has 0 fully saturated rings. The molecule has 0 bridgehead atoms. The van der Waals surface area contributed by atoms with Crippen molar-refractivity contribution in [3.63, 3.8) is 0 Å². The molecule has 0 aliphatic rings. The number of fused-ring (bicyclic) bond motifs is 2. The highest BCUT2D eigenvalue weighted by Crippen LogP contribution is 2.24. The van der Waals surface area contributed by atoms with Crippen LogP contribution in [0.5, 0.6) is 0 Å². The molecule has 4 aromatic rings. The van der Waals surface area contributed by atoms with Gasteiger partial charge in [-0.3, -0.25) is 0 Å². The molecule has 25 heavy (non-hydrogen) atoms. The third-order valence-electron chi connectivity index (χ3n) is 4.00. The van der Waals surface area contributed by atoms with Gasteiger partial charge >= 0.3 is 0 Å². The highest BCUT2D eigenvalue weighted by atomic mass is 19.3. The number of anilines is 1. The van der Waals surface area contributed by atoms with Gasteiger partial charge in [0.05, 0.1) is 17.8 Å². The topological polar surface area (TPSA) is 55.1 Å². The first kappa shape index (κ1) is 15.4. The van der Waals surface area contributed by atoms with Gasteiger partial charge in [-0.15, -0.1) is 0 Å². The summed E-state index contributed by atoms with van der Waals surface area (Å²) in [5.41, 5.74) is 3.21. The Balaban J connectivity index is 1.68. The van der Waals surface area contributed by atoms with Crippen LogP contribution >= 0.6 is 0 Å². The van der Waals surface area contributed by atoms with E-state index in [0.717, 1.165) is 17.0 Å². The van der Waals surface area contributed by atoms with Gasteiger partial charge < -0.3 is 9.72 Å². The monoisotopic (exact) mass is 339 g/mol. The lowest BCUT2D eigenvalue weighted by Crippen LogP contribution is -2.06. The third-order valence-corrected chi connectivity index (χ3v) is 4.00. The van der Waals surface area contributed by atoms with E-state index in [1.807, 2.05) is 41.8 Å². The lowest BCUT2D eigenvalue weighted by atomic mass is 10.2. The van der Waals surface area contributed by atoms with Gasteiger partial charge in [0, 0.05) is 17.3 Å². The van der Waals surface area contributed by atoms with Crippen molar-refractivity contribution in [3.8, 4) is 0 Å². The van der Waals surface area contributed by atoms with E-state index in [1.165, 1.54) is 0 Å². The maximum Gasteiger partial charge on any atom is 0.297 e. The number of halogens is 2.